The fourth-order valence-corrected chi connectivity index (χ4v) is 5.06. The predicted molar refractivity (Wildman–Crippen MR) is 143 cm³/mol. The van der Waals surface area contributed by atoms with Crippen LogP contribution in [0.3, 0.4) is 0 Å². The van der Waals surface area contributed by atoms with Gasteiger partial charge in [-0.2, -0.15) is 4.98 Å². The normalized spacial score (nSPS) is 14.8. The molecule has 0 unspecified atom stereocenters. The lowest BCUT2D eigenvalue weighted by Gasteiger charge is -2.14. The highest BCUT2D eigenvalue weighted by Crippen LogP contribution is 2.35. The standard InChI is InChI=1S/C27H20FN3O3S2/c1-16-5-3-7-20(13-16)34-24-21(25(32)30-12-4-6-17(2)23(30)29-24)14-22-26(33)31(27(35)36-22)15-18-8-10-19(28)11-9-18/h3-14H,15H2,1-2H3/b22-14+. The molecule has 1 fully saturated rings. The molecule has 1 amide bonds. The van der Waals surface area contributed by atoms with E-state index >= 15 is 0 Å². The number of aromatic nitrogens is 2. The number of thiocarbonyl (C=S) groups is 1. The average Bonchev–Trinajstić information content (AvgIpc) is 3.11. The minimum Gasteiger partial charge on any atom is -0.438 e. The van der Waals surface area contributed by atoms with Gasteiger partial charge in [-0.3, -0.25) is 18.9 Å². The van der Waals surface area contributed by atoms with E-state index in [1.54, 1.807) is 30.5 Å². The molecule has 0 aliphatic carbocycles. The summed E-state index contributed by atoms with van der Waals surface area (Å²) in [6.45, 7) is 3.99. The number of pyridine rings is 1. The minimum absolute atomic E-state index is 0.101. The maximum Gasteiger partial charge on any atom is 0.269 e. The Hall–Kier alpha value is -3.82. The molecular weight excluding hydrogens is 497 g/mol. The molecule has 0 saturated carbocycles. The van der Waals surface area contributed by atoms with Gasteiger partial charge in [0, 0.05) is 6.20 Å². The fraction of sp³-hybridized carbons (Fsp3) is 0.111. The number of ether oxygens (including phenoxy) is 1. The van der Waals surface area contributed by atoms with Crippen LogP contribution in [0.2, 0.25) is 0 Å². The van der Waals surface area contributed by atoms with Gasteiger partial charge in [0.05, 0.1) is 11.4 Å². The molecule has 0 bridgehead atoms. The molecule has 1 saturated heterocycles. The molecule has 0 radical (unpaired) electrons. The summed E-state index contributed by atoms with van der Waals surface area (Å²) in [4.78, 5) is 33.1. The first-order chi connectivity index (χ1) is 17.3. The van der Waals surface area contributed by atoms with E-state index in [0.29, 0.717) is 15.7 Å². The molecule has 0 N–H and O–H groups in total. The van der Waals surface area contributed by atoms with Gasteiger partial charge in [0.2, 0.25) is 5.88 Å². The number of rotatable bonds is 5. The van der Waals surface area contributed by atoms with Crippen LogP contribution >= 0.6 is 24.0 Å². The fourth-order valence-electron chi connectivity index (χ4n) is 3.82. The van der Waals surface area contributed by atoms with Gasteiger partial charge < -0.3 is 4.74 Å². The predicted octanol–water partition coefficient (Wildman–Crippen LogP) is 5.64. The zero-order chi connectivity index (χ0) is 25.4. The van der Waals surface area contributed by atoms with Gasteiger partial charge in [0.1, 0.15) is 27.1 Å². The van der Waals surface area contributed by atoms with E-state index in [9.17, 15) is 14.0 Å². The number of carbonyl (C=O) groups is 1. The molecule has 6 nitrogen and oxygen atoms in total. The van der Waals surface area contributed by atoms with Crippen molar-refractivity contribution in [3.05, 3.63) is 110 Å². The number of nitrogens with zero attached hydrogens (tertiary/aromatic N) is 3. The number of aryl methyl sites for hydroxylation is 2. The monoisotopic (exact) mass is 517 g/mol. The highest BCUT2D eigenvalue weighted by Gasteiger charge is 2.33. The van der Waals surface area contributed by atoms with Crippen molar-refractivity contribution in [3.63, 3.8) is 0 Å². The van der Waals surface area contributed by atoms with Gasteiger partial charge in [0.15, 0.2) is 0 Å². The number of thioether (sulfide) groups is 1. The third-order valence-corrected chi connectivity index (χ3v) is 7.03. The first-order valence-electron chi connectivity index (χ1n) is 11.1. The van der Waals surface area contributed by atoms with Gasteiger partial charge in [-0.1, -0.05) is 54.3 Å². The van der Waals surface area contributed by atoms with Crippen molar-refractivity contribution in [2.24, 2.45) is 0 Å². The van der Waals surface area contributed by atoms with Crippen molar-refractivity contribution >= 4 is 45.9 Å². The molecule has 1 aliphatic rings. The Morgan fingerprint density at radius 1 is 1.08 bits per heavy atom. The second-order valence-corrected chi connectivity index (χ2v) is 10.0. The molecule has 4 aromatic rings. The molecular formula is C27H20FN3O3S2. The van der Waals surface area contributed by atoms with Crippen molar-refractivity contribution in [2.45, 2.75) is 20.4 Å². The SMILES string of the molecule is Cc1cccc(Oc2nc3c(C)cccn3c(=O)c2/C=C2/SC(=S)N(Cc3ccc(F)cc3)C2=O)c1. The van der Waals surface area contributed by atoms with Gasteiger partial charge in [-0.05, 0) is 66.9 Å². The number of halogens is 1. The molecule has 5 rings (SSSR count). The summed E-state index contributed by atoms with van der Waals surface area (Å²) in [6.07, 6.45) is 3.12. The highest BCUT2D eigenvalue weighted by atomic mass is 32.2. The second-order valence-electron chi connectivity index (χ2n) is 8.33. The first kappa shape index (κ1) is 23.9. The van der Waals surface area contributed by atoms with Crippen LogP contribution in [0.5, 0.6) is 11.6 Å². The summed E-state index contributed by atoms with van der Waals surface area (Å²) in [7, 11) is 0. The lowest BCUT2D eigenvalue weighted by molar-refractivity contribution is -0.122. The topological polar surface area (TPSA) is 63.9 Å². The van der Waals surface area contributed by atoms with E-state index in [0.717, 1.165) is 28.5 Å². The Morgan fingerprint density at radius 2 is 1.86 bits per heavy atom. The van der Waals surface area contributed by atoms with Crippen molar-refractivity contribution in [3.8, 4) is 11.6 Å². The van der Waals surface area contributed by atoms with Crippen molar-refractivity contribution in [1.82, 2.24) is 14.3 Å². The Balaban J connectivity index is 1.58. The summed E-state index contributed by atoms with van der Waals surface area (Å²) < 4.78 is 21.1. The average molecular weight is 518 g/mol. The Labute approximate surface area is 216 Å². The molecule has 1 aliphatic heterocycles. The molecule has 2 aromatic carbocycles. The zero-order valence-electron chi connectivity index (χ0n) is 19.4. The van der Waals surface area contributed by atoms with Gasteiger partial charge in [0.25, 0.3) is 11.5 Å². The van der Waals surface area contributed by atoms with Crippen LogP contribution < -0.4 is 10.3 Å². The summed E-state index contributed by atoms with van der Waals surface area (Å²) in [5, 5.41) is 0. The van der Waals surface area contributed by atoms with E-state index in [1.807, 2.05) is 38.1 Å². The molecule has 2 aromatic heterocycles. The number of carbonyl (C=O) groups excluding carboxylic acids is 1. The summed E-state index contributed by atoms with van der Waals surface area (Å²) in [6, 6.07) is 16.9. The third-order valence-electron chi connectivity index (χ3n) is 5.66. The summed E-state index contributed by atoms with van der Waals surface area (Å²) >= 11 is 6.53. The van der Waals surface area contributed by atoms with Gasteiger partial charge in [-0.25, -0.2) is 4.39 Å². The van der Waals surface area contributed by atoms with Crippen LogP contribution in [-0.4, -0.2) is 24.5 Å². The van der Waals surface area contributed by atoms with Crippen molar-refractivity contribution < 1.29 is 13.9 Å². The van der Waals surface area contributed by atoms with Crippen LogP contribution in [-0.2, 0) is 11.3 Å². The maximum absolute atomic E-state index is 13.5. The van der Waals surface area contributed by atoms with Gasteiger partial charge in [-0.15, -0.1) is 0 Å². The third kappa shape index (κ3) is 4.67. The van der Waals surface area contributed by atoms with Crippen LogP contribution in [0, 0.1) is 19.7 Å². The maximum atomic E-state index is 13.5. The van der Waals surface area contributed by atoms with Crippen LogP contribution in [0.25, 0.3) is 11.7 Å². The number of benzene rings is 2. The van der Waals surface area contributed by atoms with E-state index in [1.165, 1.54) is 27.5 Å². The second kappa shape index (κ2) is 9.67. The lowest BCUT2D eigenvalue weighted by Crippen LogP contribution is -2.27. The smallest absolute Gasteiger partial charge is 0.269 e. The Kier molecular flexibility index (Phi) is 6.42. The van der Waals surface area contributed by atoms with Crippen LogP contribution in [0.4, 0.5) is 4.39 Å². The van der Waals surface area contributed by atoms with E-state index in [-0.39, 0.29) is 40.2 Å². The minimum atomic E-state index is -0.366. The largest absolute Gasteiger partial charge is 0.438 e. The van der Waals surface area contributed by atoms with Crippen molar-refractivity contribution in [2.75, 3.05) is 0 Å². The Morgan fingerprint density at radius 3 is 2.61 bits per heavy atom. The Bertz CT molecular complexity index is 1610. The van der Waals surface area contributed by atoms with Crippen LogP contribution in [0.15, 0.2) is 76.6 Å². The van der Waals surface area contributed by atoms with E-state index < -0.39 is 0 Å². The number of hydrogen-bond acceptors (Lipinski definition) is 6. The summed E-state index contributed by atoms with van der Waals surface area (Å²) in [5.74, 6) is -0.0729. The zero-order valence-corrected chi connectivity index (χ0v) is 21.0. The number of amides is 1. The van der Waals surface area contributed by atoms with Crippen LogP contribution in [0.1, 0.15) is 22.3 Å². The lowest BCUT2D eigenvalue weighted by atomic mass is 10.2. The highest BCUT2D eigenvalue weighted by molar-refractivity contribution is 8.26. The first-order valence-corrected chi connectivity index (χ1v) is 12.3. The molecule has 180 valence electrons. The molecule has 9 heteroatoms. The molecule has 3 heterocycles. The summed E-state index contributed by atoms with van der Waals surface area (Å²) in [5.41, 5.74) is 2.77. The van der Waals surface area contributed by atoms with E-state index in [2.05, 4.69) is 4.98 Å². The van der Waals surface area contributed by atoms with Crippen molar-refractivity contribution in [1.29, 1.82) is 0 Å². The number of hydrogen-bond donors (Lipinski definition) is 0. The van der Waals surface area contributed by atoms with Gasteiger partial charge >= 0.3 is 0 Å². The van der Waals surface area contributed by atoms with E-state index in [4.69, 9.17) is 17.0 Å². The quantitative estimate of drug-likeness (QED) is 0.252. The molecule has 36 heavy (non-hydrogen) atoms. The molecule has 0 atom stereocenters. The number of fused-ring (bicyclic) bond motifs is 1. The molecule has 0 spiro atoms.